The van der Waals surface area contributed by atoms with E-state index in [9.17, 15) is 13.2 Å². The summed E-state index contributed by atoms with van der Waals surface area (Å²) in [6.07, 6.45) is 0.204. The van der Waals surface area contributed by atoms with E-state index in [4.69, 9.17) is 9.94 Å². The predicted octanol–water partition coefficient (Wildman–Crippen LogP) is 1.93. The number of carbonyl (C=O) groups is 1. The molecule has 0 fully saturated rings. The summed E-state index contributed by atoms with van der Waals surface area (Å²) in [6.45, 7) is 4.22. The third-order valence-corrected chi connectivity index (χ3v) is 5.05. The number of carboxylic acids is 1. The van der Waals surface area contributed by atoms with Crippen LogP contribution in [0.25, 0.3) is 0 Å². The van der Waals surface area contributed by atoms with Gasteiger partial charge in [-0.2, -0.15) is 0 Å². The molecule has 0 saturated carbocycles. The SMILES string of the molecule is CCO/N=C(/C)c1ccc(S(=O)(=O)N(C)CCCC(=O)O)cc1. The van der Waals surface area contributed by atoms with Crippen LogP contribution in [0.15, 0.2) is 34.3 Å². The van der Waals surface area contributed by atoms with Crippen molar-refractivity contribution in [2.24, 2.45) is 5.16 Å². The predicted molar refractivity (Wildman–Crippen MR) is 87.0 cm³/mol. The molecular formula is C15H22N2O5S. The minimum Gasteiger partial charge on any atom is -0.481 e. The van der Waals surface area contributed by atoms with E-state index in [1.807, 2.05) is 6.92 Å². The zero-order chi connectivity index (χ0) is 17.5. The number of benzene rings is 1. The minimum absolute atomic E-state index is 0.0636. The van der Waals surface area contributed by atoms with Gasteiger partial charge in [-0.15, -0.1) is 0 Å². The van der Waals surface area contributed by atoms with Crippen LogP contribution in [-0.2, 0) is 19.7 Å². The van der Waals surface area contributed by atoms with E-state index < -0.39 is 16.0 Å². The van der Waals surface area contributed by atoms with Crippen molar-refractivity contribution in [1.29, 1.82) is 0 Å². The van der Waals surface area contributed by atoms with E-state index in [-0.39, 0.29) is 24.3 Å². The largest absolute Gasteiger partial charge is 0.481 e. The van der Waals surface area contributed by atoms with Crippen LogP contribution in [0, 0.1) is 0 Å². The number of hydrogen-bond donors (Lipinski definition) is 1. The first-order valence-corrected chi connectivity index (χ1v) is 8.68. The van der Waals surface area contributed by atoms with Gasteiger partial charge >= 0.3 is 5.97 Å². The third-order valence-electron chi connectivity index (χ3n) is 3.17. The molecule has 1 aromatic rings. The molecule has 0 atom stereocenters. The van der Waals surface area contributed by atoms with Crippen molar-refractivity contribution in [1.82, 2.24) is 4.31 Å². The smallest absolute Gasteiger partial charge is 0.303 e. The maximum absolute atomic E-state index is 12.4. The first-order valence-electron chi connectivity index (χ1n) is 7.24. The molecule has 0 aromatic heterocycles. The Balaban J connectivity index is 2.83. The lowest BCUT2D eigenvalue weighted by Crippen LogP contribution is -2.28. The molecule has 0 amide bonds. The topological polar surface area (TPSA) is 96.3 Å². The van der Waals surface area contributed by atoms with Gasteiger partial charge in [-0.25, -0.2) is 12.7 Å². The van der Waals surface area contributed by atoms with E-state index in [1.165, 1.54) is 19.2 Å². The van der Waals surface area contributed by atoms with Crippen LogP contribution in [0.3, 0.4) is 0 Å². The molecule has 0 bridgehead atoms. The van der Waals surface area contributed by atoms with Gasteiger partial charge in [0.15, 0.2) is 0 Å². The molecule has 1 aromatic carbocycles. The van der Waals surface area contributed by atoms with Gasteiger partial charge in [-0.3, -0.25) is 4.79 Å². The Bertz CT molecular complexity index is 653. The molecular weight excluding hydrogens is 320 g/mol. The molecule has 0 aliphatic heterocycles. The van der Waals surface area contributed by atoms with Gasteiger partial charge in [0.25, 0.3) is 0 Å². The molecule has 23 heavy (non-hydrogen) atoms. The third kappa shape index (κ3) is 5.65. The standard InChI is InChI=1S/C15H22N2O5S/c1-4-22-16-12(2)13-7-9-14(10-8-13)23(20,21)17(3)11-5-6-15(18)19/h7-10H,4-6,11H2,1-3H3,(H,18,19)/b16-12-. The summed E-state index contributed by atoms with van der Waals surface area (Å²) in [4.78, 5) is 15.6. The Morgan fingerprint density at radius 1 is 1.30 bits per heavy atom. The summed E-state index contributed by atoms with van der Waals surface area (Å²) in [5, 5.41) is 12.5. The van der Waals surface area contributed by atoms with Crippen molar-refractivity contribution >= 4 is 21.7 Å². The van der Waals surface area contributed by atoms with Gasteiger partial charge in [-0.1, -0.05) is 17.3 Å². The molecule has 0 aliphatic carbocycles. The van der Waals surface area contributed by atoms with Crippen LogP contribution in [0.4, 0.5) is 0 Å². The normalized spacial score (nSPS) is 12.4. The van der Waals surface area contributed by atoms with Gasteiger partial charge in [-0.05, 0) is 38.0 Å². The first-order chi connectivity index (χ1) is 10.8. The Hall–Kier alpha value is -1.93. The molecule has 128 valence electrons. The Morgan fingerprint density at radius 2 is 1.91 bits per heavy atom. The summed E-state index contributed by atoms with van der Waals surface area (Å²) < 4.78 is 25.9. The van der Waals surface area contributed by atoms with Crippen molar-refractivity contribution in [3.05, 3.63) is 29.8 Å². The second-order valence-electron chi connectivity index (χ2n) is 4.94. The van der Waals surface area contributed by atoms with E-state index in [0.29, 0.717) is 12.3 Å². The van der Waals surface area contributed by atoms with E-state index in [0.717, 1.165) is 9.87 Å². The van der Waals surface area contributed by atoms with Gasteiger partial charge in [0.2, 0.25) is 10.0 Å². The number of aliphatic carboxylic acids is 1. The van der Waals surface area contributed by atoms with Crippen LogP contribution >= 0.6 is 0 Å². The highest BCUT2D eigenvalue weighted by atomic mass is 32.2. The Morgan fingerprint density at radius 3 is 2.43 bits per heavy atom. The average molecular weight is 342 g/mol. The molecule has 1 rings (SSSR count). The summed E-state index contributed by atoms with van der Waals surface area (Å²) in [5.41, 5.74) is 1.43. The number of sulfonamides is 1. The fourth-order valence-electron chi connectivity index (χ4n) is 1.84. The Kier molecular flexibility index (Phi) is 7.18. The number of rotatable bonds is 9. The number of nitrogens with zero attached hydrogens (tertiary/aromatic N) is 2. The number of carboxylic acid groups (broad SMARTS) is 1. The van der Waals surface area contributed by atoms with Crippen molar-refractivity contribution < 1.29 is 23.2 Å². The minimum atomic E-state index is -3.63. The summed E-state index contributed by atoms with van der Waals surface area (Å²) in [6, 6.07) is 6.33. The number of oxime groups is 1. The molecule has 1 N–H and O–H groups in total. The van der Waals surface area contributed by atoms with Gasteiger partial charge in [0.1, 0.15) is 6.61 Å². The molecule has 0 saturated heterocycles. The molecule has 0 aliphatic rings. The van der Waals surface area contributed by atoms with Crippen molar-refractivity contribution in [2.75, 3.05) is 20.2 Å². The van der Waals surface area contributed by atoms with Crippen LogP contribution in [0.2, 0.25) is 0 Å². The van der Waals surface area contributed by atoms with Crippen LogP contribution in [0.1, 0.15) is 32.3 Å². The zero-order valence-corrected chi connectivity index (χ0v) is 14.3. The van der Waals surface area contributed by atoms with Crippen LogP contribution in [0.5, 0.6) is 0 Å². The molecule has 8 heteroatoms. The lowest BCUT2D eigenvalue weighted by Gasteiger charge is -2.17. The average Bonchev–Trinajstić information content (AvgIpc) is 2.52. The molecule has 0 heterocycles. The fourth-order valence-corrected chi connectivity index (χ4v) is 3.04. The molecule has 0 radical (unpaired) electrons. The highest BCUT2D eigenvalue weighted by Gasteiger charge is 2.20. The first kappa shape index (κ1) is 19.1. The zero-order valence-electron chi connectivity index (χ0n) is 13.5. The highest BCUT2D eigenvalue weighted by Crippen LogP contribution is 2.16. The van der Waals surface area contributed by atoms with Crippen molar-refractivity contribution in [3.8, 4) is 0 Å². The van der Waals surface area contributed by atoms with E-state index in [1.54, 1.807) is 19.1 Å². The van der Waals surface area contributed by atoms with E-state index >= 15 is 0 Å². The lowest BCUT2D eigenvalue weighted by molar-refractivity contribution is -0.137. The van der Waals surface area contributed by atoms with Crippen LogP contribution in [-0.4, -0.2) is 49.7 Å². The summed E-state index contributed by atoms with van der Waals surface area (Å²) >= 11 is 0. The quantitative estimate of drug-likeness (QED) is 0.546. The second-order valence-corrected chi connectivity index (χ2v) is 6.99. The van der Waals surface area contributed by atoms with Crippen molar-refractivity contribution in [2.45, 2.75) is 31.6 Å². The molecule has 0 spiro atoms. The molecule has 0 unspecified atom stereocenters. The van der Waals surface area contributed by atoms with Gasteiger partial charge in [0.05, 0.1) is 10.6 Å². The molecule has 7 nitrogen and oxygen atoms in total. The maximum Gasteiger partial charge on any atom is 0.303 e. The number of hydrogen-bond acceptors (Lipinski definition) is 5. The summed E-state index contributed by atoms with van der Waals surface area (Å²) in [5.74, 6) is -0.941. The highest BCUT2D eigenvalue weighted by molar-refractivity contribution is 7.89. The van der Waals surface area contributed by atoms with Gasteiger partial charge < -0.3 is 9.94 Å². The van der Waals surface area contributed by atoms with Gasteiger partial charge in [0, 0.05) is 20.0 Å². The summed E-state index contributed by atoms with van der Waals surface area (Å²) in [7, 11) is -2.19. The second kappa shape index (κ2) is 8.64. The van der Waals surface area contributed by atoms with Crippen LogP contribution < -0.4 is 0 Å². The van der Waals surface area contributed by atoms with Crippen molar-refractivity contribution in [3.63, 3.8) is 0 Å². The lowest BCUT2D eigenvalue weighted by atomic mass is 10.1. The fraction of sp³-hybridized carbons (Fsp3) is 0.467. The van der Waals surface area contributed by atoms with E-state index in [2.05, 4.69) is 5.16 Å². The maximum atomic E-state index is 12.4. The Labute approximate surface area is 136 Å². The monoisotopic (exact) mass is 342 g/mol.